The van der Waals surface area contributed by atoms with Gasteiger partial charge >= 0.3 is 0 Å². The summed E-state index contributed by atoms with van der Waals surface area (Å²) in [6, 6.07) is 18.7. The van der Waals surface area contributed by atoms with Gasteiger partial charge in [-0.05, 0) is 30.2 Å². The topological polar surface area (TPSA) is 62.1 Å². The Morgan fingerprint density at radius 1 is 1.22 bits per heavy atom. The summed E-state index contributed by atoms with van der Waals surface area (Å²) in [5, 5.41) is 11.9. The van der Waals surface area contributed by atoms with Crippen LogP contribution < -0.4 is 10.1 Å². The number of ether oxygens (including phenoxy) is 1. The summed E-state index contributed by atoms with van der Waals surface area (Å²) in [6.45, 7) is 2.02. The molecule has 1 atom stereocenters. The van der Waals surface area contributed by atoms with Crippen LogP contribution in [0.15, 0.2) is 54.6 Å². The maximum absolute atomic E-state index is 12.1. The van der Waals surface area contributed by atoms with Crippen LogP contribution in [0.4, 0.5) is 0 Å². The summed E-state index contributed by atoms with van der Waals surface area (Å²) < 4.78 is 5.46. The largest absolute Gasteiger partial charge is 0.484 e. The van der Waals surface area contributed by atoms with Crippen molar-refractivity contribution in [1.29, 1.82) is 5.26 Å². The lowest BCUT2D eigenvalue weighted by molar-refractivity contribution is -0.123. The Morgan fingerprint density at radius 3 is 2.70 bits per heavy atom. The van der Waals surface area contributed by atoms with E-state index < -0.39 is 0 Å². The minimum absolute atomic E-state index is 0.0113. The van der Waals surface area contributed by atoms with E-state index in [2.05, 4.69) is 12.2 Å². The number of nitriles is 1. The molecule has 23 heavy (non-hydrogen) atoms. The molecule has 0 heterocycles. The minimum Gasteiger partial charge on any atom is -0.484 e. The van der Waals surface area contributed by atoms with Gasteiger partial charge in [0.2, 0.25) is 0 Å². The van der Waals surface area contributed by atoms with Crippen molar-refractivity contribution in [2.75, 3.05) is 6.61 Å². The lowest BCUT2D eigenvalue weighted by Gasteiger charge is -2.18. The van der Waals surface area contributed by atoms with E-state index in [0.717, 1.165) is 18.4 Å². The molecule has 1 amide bonds. The molecule has 0 fully saturated rings. The van der Waals surface area contributed by atoms with Crippen molar-refractivity contribution < 1.29 is 9.53 Å². The number of hydrogen-bond donors (Lipinski definition) is 1. The normalized spacial score (nSPS) is 11.3. The molecule has 2 aromatic carbocycles. The van der Waals surface area contributed by atoms with Crippen molar-refractivity contribution >= 4 is 5.91 Å². The van der Waals surface area contributed by atoms with Gasteiger partial charge < -0.3 is 10.1 Å². The zero-order valence-electron chi connectivity index (χ0n) is 13.2. The lowest BCUT2D eigenvalue weighted by atomic mass is 10.0. The number of benzene rings is 2. The maximum Gasteiger partial charge on any atom is 0.258 e. The molecule has 0 saturated heterocycles. The molecule has 2 aromatic rings. The summed E-state index contributed by atoms with van der Waals surface area (Å²) in [5.41, 5.74) is 1.60. The fourth-order valence-corrected chi connectivity index (χ4v) is 2.34. The van der Waals surface area contributed by atoms with E-state index in [1.54, 1.807) is 24.3 Å². The second kappa shape index (κ2) is 8.60. The Hall–Kier alpha value is -2.80. The third kappa shape index (κ3) is 5.15. The van der Waals surface area contributed by atoms with Gasteiger partial charge in [0.1, 0.15) is 5.75 Å². The number of nitrogens with one attached hydrogen (secondary N) is 1. The minimum atomic E-state index is -0.172. The van der Waals surface area contributed by atoms with E-state index in [9.17, 15) is 4.79 Å². The predicted molar refractivity (Wildman–Crippen MR) is 88.9 cm³/mol. The molecular weight excluding hydrogens is 288 g/mol. The number of carbonyl (C=O) groups excluding carboxylic acids is 1. The monoisotopic (exact) mass is 308 g/mol. The van der Waals surface area contributed by atoms with Gasteiger partial charge in [-0.25, -0.2) is 0 Å². The van der Waals surface area contributed by atoms with Crippen LogP contribution in [0.2, 0.25) is 0 Å². The lowest BCUT2D eigenvalue weighted by Crippen LogP contribution is -2.32. The van der Waals surface area contributed by atoms with Gasteiger partial charge in [0, 0.05) is 0 Å². The van der Waals surface area contributed by atoms with Crippen molar-refractivity contribution in [2.45, 2.75) is 25.8 Å². The van der Waals surface area contributed by atoms with Crippen molar-refractivity contribution in [1.82, 2.24) is 5.32 Å². The predicted octanol–water partition coefficient (Wildman–Crippen LogP) is 3.59. The molecule has 0 aliphatic carbocycles. The van der Waals surface area contributed by atoms with Crippen LogP contribution in [0.5, 0.6) is 5.75 Å². The van der Waals surface area contributed by atoms with E-state index in [1.807, 2.05) is 36.4 Å². The van der Waals surface area contributed by atoms with Crippen molar-refractivity contribution in [3.8, 4) is 11.8 Å². The van der Waals surface area contributed by atoms with Crippen LogP contribution in [0, 0.1) is 11.3 Å². The number of rotatable bonds is 7. The Balaban J connectivity index is 1.93. The molecule has 0 unspecified atom stereocenters. The zero-order valence-corrected chi connectivity index (χ0v) is 13.2. The second-order valence-electron chi connectivity index (χ2n) is 5.25. The summed E-state index contributed by atoms with van der Waals surface area (Å²) >= 11 is 0. The molecule has 0 spiro atoms. The molecule has 0 aliphatic rings. The van der Waals surface area contributed by atoms with E-state index in [1.165, 1.54) is 0 Å². The van der Waals surface area contributed by atoms with Crippen LogP contribution in [0.25, 0.3) is 0 Å². The van der Waals surface area contributed by atoms with Gasteiger partial charge in [-0.3, -0.25) is 4.79 Å². The Labute approximate surface area is 136 Å². The Morgan fingerprint density at radius 2 is 2.00 bits per heavy atom. The first-order chi connectivity index (χ1) is 11.2. The second-order valence-corrected chi connectivity index (χ2v) is 5.25. The van der Waals surface area contributed by atoms with Gasteiger partial charge in [0.05, 0.1) is 17.7 Å². The molecule has 0 radical (unpaired) electrons. The highest BCUT2D eigenvalue weighted by molar-refractivity contribution is 5.78. The summed E-state index contributed by atoms with van der Waals surface area (Å²) in [6.07, 6.45) is 1.85. The third-order valence-corrected chi connectivity index (χ3v) is 3.45. The van der Waals surface area contributed by atoms with Crippen LogP contribution in [0.1, 0.15) is 36.9 Å². The van der Waals surface area contributed by atoms with E-state index >= 15 is 0 Å². The molecule has 118 valence electrons. The summed E-state index contributed by atoms with van der Waals surface area (Å²) in [7, 11) is 0. The fraction of sp³-hybridized carbons (Fsp3) is 0.263. The smallest absolute Gasteiger partial charge is 0.258 e. The van der Waals surface area contributed by atoms with Crippen molar-refractivity contribution in [2.24, 2.45) is 0 Å². The van der Waals surface area contributed by atoms with Crippen LogP contribution >= 0.6 is 0 Å². The SMILES string of the molecule is CCC[C@H](NC(=O)COc1cccc(C#N)c1)c1ccccc1. The number of hydrogen-bond acceptors (Lipinski definition) is 3. The molecule has 0 saturated carbocycles. The van der Waals surface area contributed by atoms with Crippen molar-refractivity contribution in [3.63, 3.8) is 0 Å². The number of nitrogens with zero attached hydrogens (tertiary/aromatic N) is 1. The first kappa shape index (κ1) is 16.6. The van der Waals surface area contributed by atoms with Gasteiger partial charge in [0.25, 0.3) is 5.91 Å². The summed E-state index contributed by atoms with van der Waals surface area (Å²) in [4.78, 5) is 12.1. The zero-order chi connectivity index (χ0) is 16.5. The van der Waals surface area contributed by atoms with Crippen LogP contribution in [-0.4, -0.2) is 12.5 Å². The van der Waals surface area contributed by atoms with E-state index in [4.69, 9.17) is 10.00 Å². The third-order valence-electron chi connectivity index (χ3n) is 3.45. The van der Waals surface area contributed by atoms with Gasteiger partial charge in [-0.1, -0.05) is 49.7 Å². The molecular formula is C19H20N2O2. The van der Waals surface area contributed by atoms with Crippen LogP contribution in [0.3, 0.4) is 0 Å². The molecule has 4 nitrogen and oxygen atoms in total. The summed E-state index contributed by atoms with van der Waals surface area (Å²) in [5.74, 6) is 0.348. The highest BCUT2D eigenvalue weighted by Crippen LogP contribution is 2.18. The van der Waals surface area contributed by atoms with Gasteiger partial charge in [0.15, 0.2) is 6.61 Å². The first-order valence-electron chi connectivity index (χ1n) is 7.70. The molecule has 0 bridgehead atoms. The molecule has 2 rings (SSSR count). The van der Waals surface area contributed by atoms with Gasteiger partial charge in [-0.2, -0.15) is 5.26 Å². The van der Waals surface area contributed by atoms with Crippen molar-refractivity contribution in [3.05, 3.63) is 65.7 Å². The average Bonchev–Trinajstić information content (AvgIpc) is 2.60. The Kier molecular flexibility index (Phi) is 6.19. The number of amides is 1. The quantitative estimate of drug-likeness (QED) is 0.850. The van der Waals surface area contributed by atoms with Gasteiger partial charge in [-0.15, -0.1) is 0 Å². The van der Waals surface area contributed by atoms with E-state index in [0.29, 0.717) is 11.3 Å². The highest BCUT2D eigenvalue weighted by atomic mass is 16.5. The molecule has 4 heteroatoms. The molecule has 1 N–H and O–H groups in total. The maximum atomic E-state index is 12.1. The average molecular weight is 308 g/mol. The standard InChI is InChI=1S/C19H20N2O2/c1-2-7-18(16-9-4-3-5-10-16)21-19(22)14-23-17-11-6-8-15(12-17)13-20/h3-6,8-12,18H,2,7,14H2,1H3,(H,21,22)/t18-/m0/s1. The molecule has 0 aromatic heterocycles. The van der Waals surface area contributed by atoms with Crippen LogP contribution in [-0.2, 0) is 4.79 Å². The molecule has 0 aliphatic heterocycles. The Bertz CT molecular complexity index is 677. The van der Waals surface area contributed by atoms with E-state index in [-0.39, 0.29) is 18.6 Å². The first-order valence-corrected chi connectivity index (χ1v) is 7.70. The number of carbonyl (C=O) groups is 1. The fourth-order valence-electron chi connectivity index (χ4n) is 2.34. The highest BCUT2D eigenvalue weighted by Gasteiger charge is 2.13.